The van der Waals surface area contributed by atoms with Gasteiger partial charge in [-0.05, 0) is 35.4 Å². The van der Waals surface area contributed by atoms with Crippen molar-refractivity contribution in [1.29, 1.82) is 0 Å². The van der Waals surface area contributed by atoms with Crippen molar-refractivity contribution < 1.29 is 9.47 Å². The number of H-pyrrole nitrogens is 1. The number of hydrogen-bond acceptors (Lipinski definition) is 5. The minimum Gasteiger partial charge on any atom is -0.497 e. The minimum atomic E-state index is -0.316. The lowest BCUT2D eigenvalue weighted by molar-refractivity contribution is 0.414. The molecule has 0 unspecified atom stereocenters. The molecule has 4 aromatic rings. The second kappa shape index (κ2) is 7.46. The smallest absolute Gasteiger partial charge is 0.118 e. The van der Waals surface area contributed by atoms with Crippen molar-refractivity contribution in [2.24, 2.45) is 0 Å². The van der Waals surface area contributed by atoms with Gasteiger partial charge in [0.25, 0.3) is 0 Å². The van der Waals surface area contributed by atoms with Crippen molar-refractivity contribution in [2.45, 2.75) is 11.8 Å². The third-order valence-corrected chi connectivity index (χ3v) is 6.53. The summed E-state index contributed by atoms with van der Waals surface area (Å²) in [5.74, 6) is 1.69. The van der Waals surface area contributed by atoms with Crippen LogP contribution in [-0.4, -0.2) is 29.4 Å². The van der Waals surface area contributed by atoms with Gasteiger partial charge < -0.3 is 9.47 Å². The zero-order chi connectivity index (χ0) is 20.6. The summed E-state index contributed by atoms with van der Waals surface area (Å²) >= 11 is 1.60. The van der Waals surface area contributed by atoms with Crippen molar-refractivity contribution >= 4 is 17.4 Å². The van der Waals surface area contributed by atoms with Gasteiger partial charge in [-0.3, -0.25) is 10.1 Å². The van der Waals surface area contributed by atoms with Gasteiger partial charge in [0.1, 0.15) is 17.2 Å². The number of aromatic nitrogens is 3. The van der Waals surface area contributed by atoms with E-state index in [1.165, 1.54) is 11.1 Å². The van der Waals surface area contributed by atoms with E-state index in [-0.39, 0.29) is 5.41 Å². The van der Waals surface area contributed by atoms with E-state index in [9.17, 15) is 0 Å². The summed E-state index contributed by atoms with van der Waals surface area (Å²) in [5, 5.41) is 7.88. The van der Waals surface area contributed by atoms with Gasteiger partial charge >= 0.3 is 0 Å². The highest BCUT2D eigenvalue weighted by molar-refractivity contribution is 7.13. The van der Waals surface area contributed by atoms with Crippen LogP contribution in [0.3, 0.4) is 0 Å². The predicted octanol–water partition coefficient (Wildman–Crippen LogP) is 5.11. The number of nitrogens with one attached hydrogen (secondary N) is 1. The zero-order valence-electron chi connectivity index (χ0n) is 16.8. The topological polar surface area (TPSA) is 60.0 Å². The molecule has 0 saturated heterocycles. The average molecular weight is 416 g/mol. The van der Waals surface area contributed by atoms with Gasteiger partial charge in [-0.2, -0.15) is 5.10 Å². The first-order valence-electron chi connectivity index (χ1n) is 9.68. The zero-order valence-corrected chi connectivity index (χ0v) is 17.6. The maximum atomic E-state index is 5.37. The Bertz CT molecular complexity index is 1130. The molecule has 2 heterocycles. The van der Waals surface area contributed by atoms with E-state index in [1.54, 1.807) is 25.6 Å². The van der Waals surface area contributed by atoms with Crippen molar-refractivity contribution in [1.82, 2.24) is 15.2 Å². The first-order chi connectivity index (χ1) is 14.7. The van der Waals surface area contributed by atoms with E-state index >= 15 is 0 Å². The second-order valence-corrected chi connectivity index (χ2v) is 8.15. The average Bonchev–Trinajstić information content (AvgIpc) is 3.48. The fraction of sp³-hybridized carbons (Fsp3) is 0.167. The Morgan fingerprint density at radius 1 is 0.933 bits per heavy atom. The first kappa shape index (κ1) is 18.6. The summed E-state index contributed by atoms with van der Waals surface area (Å²) in [6, 6.07) is 16.6. The SMILES string of the molecule is COc1ccc(C2(c3ccc(OC)cc3)C=Cc3c(-c4cncs4)n[nH]c3C2)cc1. The molecule has 0 amide bonds. The Labute approximate surface area is 179 Å². The molecule has 30 heavy (non-hydrogen) atoms. The van der Waals surface area contributed by atoms with E-state index in [0.29, 0.717) is 0 Å². The van der Waals surface area contributed by atoms with Crippen LogP contribution in [0.4, 0.5) is 0 Å². The van der Waals surface area contributed by atoms with Crippen LogP contribution in [0.15, 0.2) is 66.3 Å². The summed E-state index contributed by atoms with van der Waals surface area (Å²) in [6.45, 7) is 0. The number of benzene rings is 2. The largest absolute Gasteiger partial charge is 0.497 e. The lowest BCUT2D eigenvalue weighted by Crippen LogP contribution is -2.30. The molecule has 0 fully saturated rings. The van der Waals surface area contributed by atoms with Crippen LogP contribution in [0, 0.1) is 0 Å². The maximum absolute atomic E-state index is 5.37. The molecule has 1 aliphatic rings. The van der Waals surface area contributed by atoms with Crippen molar-refractivity contribution in [3.63, 3.8) is 0 Å². The molecule has 5 rings (SSSR count). The van der Waals surface area contributed by atoms with Crippen LogP contribution in [-0.2, 0) is 11.8 Å². The van der Waals surface area contributed by atoms with Crippen molar-refractivity contribution in [3.05, 3.63) is 88.7 Å². The monoisotopic (exact) mass is 415 g/mol. The second-order valence-electron chi connectivity index (χ2n) is 7.27. The Morgan fingerprint density at radius 2 is 1.57 bits per heavy atom. The molecule has 0 spiro atoms. The number of ether oxygens (including phenoxy) is 2. The number of hydrogen-bond donors (Lipinski definition) is 1. The van der Waals surface area contributed by atoms with Gasteiger partial charge in [-0.1, -0.05) is 36.4 Å². The molecule has 0 aliphatic heterocycles. The Kier molecular flexibility index (Phi) is 4.64. The minimum absolute atomic E-state index is 0.316. The lowest BCUT2D eigenvalue weighted by Gasteiger charge is -2.34. The fourth-order valence-electron chi connectivity index (χ4n) is 4.13. The van der Waals surface area contributed by atoms with Gasteiger partial charge in [0.2, 0.25) is 0 Å². The van der Waals surface area contributed by atoms with Gasteiger partial charge in [0.05, 0.1) is 24.6 Å². The van der Waals surface area contributed by atoms with Crippen molar-refractivity contribution in [2.75, 3.05) is 14.2 Å². The van der Waals surface area contributed by atoms with E-state index < -0.39 is 0 Å². The van der Waals surface area contributed by atoms with E-state index in [1.807, 2.05) is 36.0 Å². The van der Waals surface area contributed by atoms with Crippen LogP contribution in [0.1, 0.15) is 22.4 Å². The molecule has 5 nitrogen and oxygen atoms in total. The molecule has 1 N–H and O–H groups in total. The quantitative estimate of drug-likeness (QED) is 0.492. The molecule has 0 saturated carbocycles. The summed E-state index contributed by atoms with van der Waals surface area (Å²) in [5.41, 5.74) is 7.13. The molecular weight excluding hydrogens is 394 g/mol. The molecule has 0 bridgehead atoms. The number of methoxy groups -OCH3 is 2. The first-order valence-corrected chi connectivity index (χ1v) is 10.6. The molecule has 6 heteroatoms. The van der Waals surface area contributed by atoms with Crippen LogP contribution < -0.4 is 9.47 Å². The fourth-order valence-corrected chi connectivity index (χ4v) is 4.75. The van der Waals surface area contributed by atoms with E-state index in [0.717, 1.165) is 39.7 Å². The highest BCUT2D eigenvalue weighted by Gasteiger charge is 2.36. The number of thiazole rings is 1. The number of rotatable bonds is 5. The summed E-state index contributed by atoms with van der Waals surface area (Å²) in [6.07, 6.45) is 7.12. The van der Waals surface area contributed by atoms with E-state index in [2.05, 4.69) is 51.6 Å². The standard InChI is InChI=1S/C24H21N3O2S/c1-28-18-7-3-16(4-8-18)24(17-5-9-19(29-2)10-6-17)12-11-20-21(13-24)26-27-23(20)22-14-25-15-30-22/h3-12,14-15H,13H2,1-2H3,(H,26,27). The summed E-state index contributed by atoms with van der Waals surface area (Å²) in [7, 11) is 3.37. The maximum Gasteiger partial charge on any atom is 0.118 e. The van der Waals surface area contributed by atoms with Crippen LogP contribution in [0.2, 0.25) is 0 Å². The van der Waals surface area contributed by atoms with Crippen LogP contribution >= 0.6 is 11.3 Å². The van der Waals surface area contributed by atoms with Gasteiger partial charge in [-0.25, -0.2) is 0 Å². The molecule has 150 valence electrons. The van der Waals surface area contributed by atoms with E-state index in [4.69, 9.17) is 9.47 Å². The highest BCUT2D eigenvalue weighted by Crippen LogP contribution is 2.44. The normalized spacial score (nSPS) is 14.3. The number of fused-ring (bicyclic) bond motifs is 1. The predicted molar refractivity (Wildman–Crippen MR) is 119 cm³/mol. The summed E-state index contributed by atoms with van der Waals surface area (Å²) < 4.78 is 10.7. The van der Waals surface area contributed by atoms with Crippen molar-refractivity contribution in [3.8, 4) is 22.1 Å². The molecule has 0 radical (unpaired) electrons. The van der Waals surface area contributed by atoms with Gasteiger partial charge in [0, 0.05) is 29.3 Å². The lowest BCUT2D eigenvalue weighted by atomic mass is 9.68. The van der Waals surface area contributed by atoms with Crippen LogP contribution in [0.5, 0.6) is 11.5 Å². The number of aromatic amines is 1. The third-order valence-electron chi connectivity index (χ3n) is 5.75. The molecule has 1 aliphatic carbocycles. The number of allylic oxidation sites excluding steroid dienone is 1. The Morgan fingerprint density at radius 3 is 2.10 bits per heavy atom. The molecule has 2 aromatic carbocycles. The Hall–Kier alpha value is -3.38. The molecular formula is C24H21N3O2S. The number of nitrogens with zero attached hydrogens (tertiary/aromatic N) is 2. The van der Waals surface area contributed by atoms with Crippen LogP contribution in [0.25, 0.3) is 16.6 Å². The van der Waals surface area contributed by atoms with Gasteiger partial charge in [0.15, 0.2) is 0 Å². The molecule has 0 atom stereocenters. The summed E-state index contributed by atoms with van der Waals surface area (Å²) in [4.78, 5) is 5.27. The third kappa shape index (κ3) is 3.00. The Balaban J connectivity index is 1.63. The molecule has 2 aromatic heterocycles. The highest BCUT2D eigenvalue weighted by atomic mass is 32.1. The van der Waals surface area contributed by atoms with Gasteiger partial charge in [-0.15, -0.1) is 11.3 Å².